The lowest BCUT2D eigenvalue weighted by Gasteiger charge is -2.16. The largest absolute Gasteiger partial charge is 0.497 e. The Kier molecular flexibility index (Phi) is 6.12. The number of hydrogen-bond acceptors (Lipinski definition) is 7. The molecule has 33 heavy (non-hydrogen) atoms. The van der Waals surface area contributed by atoms with E-state index in [1.807, 2.05) is 25.1 Å². The number of anilines is 1. The zero-order valence-electron chi connectivity index (χ0n) is 18.8. The van der Waals surface area contributed by atoms with Crippen LogP contribution in [0.3, 0.4) is 0 Å². The summed E-state index contributed by atoms with van der Waals surface area (Å²) < 4.78 is 17.2. The SMILES string of the molecule is CCOc1ccc(NC(=O)C(C)n2nc(-c3cccc(OC)c3)c3c(C)onc3c2=O)cc1. The zero-order chi connectivity index (χ0) is 23.5. The van der Waals surface area contributed by atoms with Gasteiger partial charge in [0.25, 0.3) is 5.56 Å². The van der Waals surface area contributed by atoms with E-state index >= 15 is 0 Å². The number of carbonyl (C=O) groups excluding carboxylic acids is 1. The van der Waals surface area contributed by atoms with Crippen LogP contribution in [0.2, 0.25) is 0 Å². The smallest absolute Gasteiger partial charge is 0.297 e. The van der Waals surface area contributed by atoms with Gasteiger partial charge in [-0.2, -0.15) is 5.10 Å². The highest BCUT2D eigenvalue weighted by molar-refractivity contribution is 5.95. The summed E-state index contributed by atoms with van der Waals surface area (Å²) in [6.07, 6.45) is 0. The summed E-state index contributed by atoms with van der Waals surface area (Å²) in [6.45, 7) is 5.77. The second kappa shape index (κ2) is 9.15. The van der Waals surface area contributed by atoms with E-state index < -0.39 is 17.5 Å². The Bertz CT molecular complexity index is 1360. The normalized spacial score (nSPS) is 11.9. The predicted octanol–water partition coefficient (Wildman–Crippen LogP) is 3.97. The van der Waals surface area contributed by atoms with Gasteiger partial charge in [-0.05, 0) is 57.2 Å². The number of aryl methyl sites for hydroxylation is 1. The molecule has 0 spiro atoms. The quantitative estimate of drug-likeness (QED) is 0.456. The molecule has 0 radical (unpaired) electrons. The van der Waals surface area contributed by atoms with Crippen molar-refractivity contribution in [2.24, 2.45) is 0 Å². The molecule has 1 amide bonds. The number of nitrogens with zero attached hydrogens (tertiary/aromatic N) is 3. The Morgan fingerprint density at radius 1 is 1.18 bits per heavy atom. The summed E-state index contributed by atoms with van der Waals surface area (Å²) >= 11 is 0. The molecule has 1 atom stereocenters. The molecule has 0 aliphatic carbocycles. The van der Waals surface area contributed by atoms with E-state index in [4.69, 9.17) is 14.0 Å². The van der Waals surface area contributed by atoms with Gasteiger partial charge in [0.1, 0.15) is 29.0 Å². The van der Waals surface area contributed by atoms with Gasteiger partial charge in [0.15, 0.2) is 5.52 Å². The minimum Gasteiger partial charge on any atom is -0.497 e. The molecule has 0 aliphatic rings. The first kappa shape index (κ1) is 22.1. The topological polar surface area (TPSA) is 108 Å². The lowest BCUT2D eigenvalue weighted by Crippen LogP contribution is -2.34. The number of benzene rings is 2. The Balaban J connectivity index is 1.73. The van der Waals surface area contributed by atoms with E-state index in [2.05, 4.69) is 15.6 Å². The van der Waals surface area contributed by atoms with E-state index in [1.165, 1.54) is 0 Å². The fraction of sp³-hybridized carbons (Fsp3) is 0.250. The molecule has 170 valence electrons. The average molecular weight is 448 g/mol. The molecule has 0 aliphatic heterocycles. The first-order valence-corrected chi connectivity index (χ1v) is 10.5. The van der Waals surface area contributed by atoms with Crippen molar-refractivity contribution >= 4 is 22.5 Å². The third-order valence-electron chi connectivity index (χ3n) is 5.24. The van der Waals surface area contributed by atoms with Crippen LogP contribution in [0.1, 0.15) is 25.6 Å². The number of aromatic nitrogens is 3. The van der Waals surface area contributed by atoms with Crippen molar-refractivity contribution in [2.75, 3.05) is 19.0 Å². The van der Waals surface area contributed by atoms with Crippen LogP contribution >= 0.6 is 0 Å². The molecular formula is C24H24N4O5. The molecule has 4 rings (SSSR count). The van der Waals surface area contributed by atoms with Crippen LogP contribution in [-0.4, -0.2) is 34.6 Å². The third-order valence-corrected chi connectivity index (χ3v) is 5.24. The standard InChI is InChI=1S/C24H24N4O5/c1-5-32-18-11-9-17(10-12-18)25-23(29)14(2)28-24(30)22-20(15(3)33-27-22)21(26-28)16-7-6-8-19(13-16)31-4/h6-14H,5H2,1-4H3,(H,25,29). The second-order valence-electron chi connectivity index (χ2n) is 7.42. The minimum atomic E-state index is -0.908. The Morgan fingerprint density at radius 2 is 1.94 bits per heavy atom. The van der Waals surface area contributed by atoms with Gasteiger partial charge in [-0.25, -0.2) is 4.68 Å². The van der Waals surface area contributed by atoms with Gasteiger partial charge < -0.3 is 19.3 Å². The maximum absolute atomic E-state index is 13.1. The molecule has 2 aromatic heterocycles. The summed E-state index contributed by atoms with van der Waals surface area (Å²) in [5.74, 6) is 1.41. The molecule has 2 heterocycles. The fourth-order valence-corrected chi connectivity index (χ4v) is 3.50. The molecule has 9 nitrogen and oxygen atoms in total. The fourth-order valence-electron chi connectivity index (χ4n) is 3.50. The first-order chi connectivity index (χ1) is 15.9. The molecule has 0 fully saturated rings. The lowest BCUT2D eigenvalue weighted by molar-refractivity contribution is -0.119. The van der Waals surface area contributed by atoms with Crippen molar-refractivity contribution in [3.05, 3.63) is 64.6 Å². The van der Waals surface area contributed by atoms with E-state index in [-0.39, 0.29) is 5.52 Å². The number of rotatable bonds is 7. The summed E-state index contributed by atoms with van der Waals surface area (Å²) in [6, 6.07) is 13.4. The molecule has 2 aromatic carbocycles. The van der Waals surface area contributed by atoms with Gasteiger partial charge in [0.05, 0.1) is 19.1 Å². The maximum atomic E-state index is 13.1. The highest BCUT2D eigenvalue weighted by atomic mass is 16.5. The van der Waals surface area contributed by atoms with Crippen LogP contribution in [-0.2, 0) is 4.79 Å². The zero-order valence-corrected chi connectivity index (χ0v) is 18.8. The second-order valence-corrected chi connectivity index (χ2v) is 7.42. The molecule has 1 unspecified atom stereocenters. The lowest BCUT2D eigenvalue weighted by atomic mass is 10.1. The number of amides is 1. The summed E-state index contributed by atoms with van der Waals surface area (Å²) in [4.78, 5) is 26.1. The van der Waals surface area contributed by atoms with Crippen molar-refractivity contribution in [1.29, 1.82) is 0 Å². The third kappa shape index (κ3) is 4.30. The molecule has 0 bridgehead atoms. The Morgan fingerprint density at radius 3 is 2.64 bits per heavy atom. The minimum absolute atomic E-state index is 0.112. The average Bonchev–Trinajstić information content (AvgIpc) is 3.22. The van der Waals surface area contributed by atoms with Crippen molar-refractivity contribution in [3.63, 3.8) is 0 Å². The molecule has 0 saturated carbocycles. The highest BCUT2D eigenvalue weighted by Crippen LogP contribution is 2.30. The van der Waals surface area contributed by atoms with Crippen molar-refractivity contribution in [3.8, 4) is 22.8 Å². The molecular weight excluding hydrogens is 424 g/mol. The van der Waals surface area contributed by atoms with Crippen LogP contribution in [0.4, 0.5) is 5.69 Å². The van der Waals surface area contributed by atoms with Crippen molar-refractivity contribution < 1.29 is 18.8 Å². The molecule has 1 N–H and O–H groups in total. The van der Waals surface area contributed by atoms with E-state index in [0.717, 1.165) is 4.68 Å². The monoisotopic (exact) mass is 448 g/mol. The van der Waals surface area contributed by atoms with Crippen molar-refractivity contribution in [1.82, 2.24) is 14.9 Å². The van der Waals surface area contributed by atoms with E-state index in [0.29, 0.717) is 46.2 Å². The van der Waals surface area contributed by atoms with Crippen LogP contribution < -0.4 is 20.3 Å². The summed E-state index contributed by atoms with van der Waals surface area (Å²) in [5.41, 5.74) is 1.36. The van der Waals surface area contributed by atoms with Crippen LogP contribution in [0.5, 0.6) is 11.5 Å². The van der Waals surface area contributed by atoms with Crippen LogP contribution in [0.15, 0.2) is 57.8 Å². The molecule has 4 aromatic rings. The van der Waals surface area contributed by atoms with Gasteiger partial charge in [0, 0.05) is 11.3 Å². The van der Waals surface area contributed by atoms with Crippen LogP contribution in [0, 0.1) is 6.92 Å². The van der Waals surface area contributed by atoms with Crippen molar-refractivity contribution in [2.45, 2.75) is 26.8 Å². The van der Waals surface area contributed by atoms with Gasteiger partial charge in [0.2, 0.25) is 5.91 Å². The first-order valence-electron chi connectivity index (χ1n) is 10.5. The Hall–Kier alpha value is -4.14. The number of hydrogen-bond donors (Lipinski definition) is 1. The van der Waals surface area contributed by atoms with Gasteiger partial charge in [-0.1, -0.05) is 17.3 Å². The van der Waals surface area contributed by atoms with Gasteiger partial charge in [-0.15, -0.1) is 0 Å². The number of carbonyl (C=O) groups is 1. The highest BCUT2D eigenvalue weighted by Gasteiger charge is 2.24. The van der Waals surface area contributed by atoms with E-state index in [1.54, 1.807) is 51.3 Å². The summed E-state index contributed by atoms with van der Waals surface area (Å²) in [7, 11) is 1.57. The summed E-state index contributed by atoms with van der Waals surface area (Å²) in [5, 5.41) is 11.8. The van der Waals surface area contributed by atoms with Crippen LogP contribution in [0.25, 0.3) is 22.2 Å². The Labute approximate surface area is 189 Å². The number of ether oxygens (including phenoxy) is 2. The number of nitrogens with one attached hydrogen (secondary N) is 1. The predicted molar refractivity (Wildman–Crippen MR) is 124 cm³/mol. The molecule has 9 heteroatoms. The number of fused-ring (bicyclic) bond motifs is 1. The molecule has 0 saturated heterocycles. The van der Waals surface area contributed by atoms with Gasteiger partial charge >= 0.3 is 0 Å². The van der Waals surface area contributed by atoms with Gasteiger partial charge in [-0.3, -0.25) is 9.59 Å². The number of methoxy groups -OCH3 is 1. The maximum Gasteiger partial charge on any atom is 0.297 e. The van der Waals surface area contributed by atoms with E-state index in [9.17, 15) is 9.59 Å².